The van der Waals surface area contributed by atoms with Gasteiger partial charge in [-0.2, -0.15) is 13.2 Å². The molecule has 1 aliphatic rings. The second kappa shape index (κ2) is 5.42. The Morgan fingerprint density at radius 1 is 1.45 bits per heavy atom. The highest BCUT2D eigenvalue weighted by Crippen LogP contribution is 2.51. The van der Waals surface area contributed by atoms with Crippen LogP contribution >= 0.6 is 0 Å². The van der Waals surface area contributed by atoms with Gasteiger partial charge in [-0.25, -0.2) is 9.18 Å². The Hall–Kier alpha value is -1.83. The van der Waals surface area contributed by atoms with Gasteiger partial charge in [-0.05, 0) is 25.5 Å². The first-order valence-electron chi connectivity index (χ1n) is 6.40. The molecule has 0 bridgehead atoms. The Bertz CT molecular complexity index is 587. The van der Waals surface area contributed by atoms with Crippen molar-refractivity contribution in [3.8, 4) is 5.75 Å². The summed E-state index contributed by atoms with van der Waals surface area (Å²) in [5.41, 5.74) is -2.88. The zero-order valence-corrected chi connectivity index (χ0v) is 11.8. The molecule has 0 aliphatic carbocycles. The summed E-state index contributed by atoms with van der Waals surface area (Å²) in [5.74, 6) is -3.72. The number of halogens is 4. The zero-order chi connectivity index (χ0) is 16.7. The molecule has 0 aromatic heterocycles. The van der Waals surface area contributed by atoms with Gasteiger partial charge in [0, 0.05) is 11.5 Å². The van der Waals surface area contributed by atoms with E-state index < -0.39 is 42.0 Å². The van der Waals surface area contributed by atoms with Crippen molar-refractivity contribution in [2.24, 2.45) is 0 Å². The Morgan fingerprint density at radius 3 is 2.59 bits per heavy atom. The van der Waals surface area contributed by atoms with Crippen LogP contribution in [0.3, 0.4) is 0 Å². The van der Waals surface area contributed by atoms with E-state index in [1.807, 2.05) is 0 Å². The van der Waals surface area contributed by atoms with Crippen LogP contribution in [0.1, 0.15) is 24.8 Å². The van der Waals surface area contributed by atoms with Crippen molar-refractivity contribution >= 4 is 5.97 Å². The minimum absolute atomic E-state index is 0.00808. The number of hydrogen-bond donors (Lipinski definition) is 1. The molecular formula is C14H14F4O4. The van der Waals surface area contributed by atoms with Crippen molar-refractivity contribution in [1.82, 2.24) is 0 Å². The number of carboxylic acids is 1. The smallest absolute Gasteiger partial charge is 0.417 e. The maximum absolute atomic E-state index is 14.1. The van der Waals surface area contributed by atoms with Crippen LogP contribution in [0.2, 0.25) is 0 Å². The minimum atomic E-state index is -4.77. The van der Waals surface area contributed by atoms with Crippen molar-refractivity contribution in [3.05, 3.63) is 29.6 Å². The molecule has 22 heavy (non-hydrogen) atoms. The zero-order valence-electron chi connectivity index (χ0n) is 11.8. The SMILES string of the molecule is COc1cccc(F)c1[C@@H]1C[C@](C)(C(F)(F)F)O[C@H]1C(=O)O. The van der Waals surface area contributed by atoms with Gasteiger partial charge in [-0.3, -0.25) is 0 Å². The Labute approximate surface area is 123 Å². The van der Waals surface area contributed by atoms with Crippen LogP contribution in [0.25, 0.3) is 0 Å². The van der Waals surface area contributed by atoms with Crippen LogP contribution in [0.15, 0.2) is 18.2 Å². The summed E-state index contributed by atoms with van der Waals surface area (Å²) < 4.78 is 63.1. The van der Waals surface area contributed by atoms with Gasteiger partial charge in [-0.15, -0.1) is 0 Å². The maximum atomic E-state index is 14.1. The largest absolute Gasteiger partial charge is 0.496 e. The fourth-order valence-corrected chi connectivity index (χ4v) is 2.65. The first-order valence-corrected chi connectivity index (χ1v) is 6.40. The number of carbonyl (C=O) groups is 1. The highest BCUT2D eigenvalue weighted by molar-refractivity contribution is 5.75. The fraction of sp³-hybridized carbons (Fsp3) is 0.500. The van der Waals surface area contributed by atoms with Crippen molar-refractivity contribution in [2.75, 3.05) is 7.11 Å². The number of carboxylic acid groups (broad SMARTS) is 1. The number of rotatable bonds is 3. The van der Waals surface area contributed by atoms with Crippen molar-refractivity contribution in [1.29, 1.82) is 0 Å². The summed E-state index contributed by atoms with van der Waals surface area (Å²) in [5, 5.41) is 9.14. The second-order valence-corrected chi connectivity index (χ2v) is 5.27. The molecule has 1 N–H and O–H groups in total. The van der Waals surface area contributed by atoms with E-state index in [-0.39, 0.29) is 11.3 Å². The first kappa shape index (κ1) is 16.5. The van der Waals surface area contributed by atoms with Crippen LogP contribution in [-0.4, -0.2) is 36.1 Å². The Balaban J connectivity index is 2.52. The molecule has 0 unspecified atom stereocenters. The molecule has 1 heterocycles. The highest BCUT2D eigenvalue weighted by Gasteiger charge is 2.61. The van der Waals surface area contributed by atoms with Gasteiger partial charge in [0.25, 0.3) is 0 Å². The van der Waals surface area contributed by atoms with Crippen LogP contribution in [0.4, 0.5) is 17.6 Å². The van der Waals surface area contributed by atoms with Crippen LogP contribution in [-0.2, 0) is 9.53 Å². The van der Waals surface area contributed by atoms with Gasteiger partial charge in [0.15, 0.2) is 11.7 Å². The van der Waals surface area contributed by atoms with E-state index in [1.165, 1.54) is 19.2 Å². The average Bonchev–Trinajstić information content (AvgIpc) is 2.77. The van der Waals surface area contributed by atoms with Gasteiger partial charge in [0.05, 0.1) is 7.11 Å². The van der Waals surface area contributed by atoms with E-state index in [9.17, 15) is 22.4 Å². The molecule has 0 amide bonds. The summed E-state index contributed by atoms with van der Waals surface area (Å²) in [6.07, 6.45) is -7.28. The molecular weight excluding hydrogens is 308 g/mol. The van der Waals surface area contributed by atoms with Gasteiger partial charge in [-0.1, -0.05) is 6.07 Å². The molecule has 1 aliphatic heterocycles. The van der Waals surface area contributed by atoms with E-state index in [0.29, 0.717) is 0 Å². The number of ether oxygens (including phenoxy) is 2. The Kier molecular flexibility index (Phi) is 4.08. The lowest BCUT2D eigenvalue weighted by Gasteiger charge is -2.26. The summed E-state index contributed by atoms with van der Waals surface area (Å²) in [6, 6.07) is 3.73. The third kappa shape index (κ3) is 2.63. The monoisotopic (exact) mass is 322 g/mol. The highest BCUT2D eigenvalue weighted by atomic mass is 19.4. The average molecular weight is 322 g/mol. The third-order valence-electron chi connectivity index (χ3n) is 3.81. The quantitative estimate of drug-likeness (QED) is 0.869. The van der Waals surface area contributed by atoms with Crippen LogP contribution in [0, 0.1) is 5.82 Å². The molecule has 8 heteroatoms. The number of alkyl halides is 3. The number of hydrogen-bond acceptors (Lipinski definition) is 3. The third-order valence-corrected chi connectivity index (χ3v) is 3.81. The Morgan fingerprint density at radius 2 is 2.09 bits per heavy atom. The van der Waals surface area contributed by atoms with E-state index >= 15 is 0 Å². The van der Waals surface area contributed by atoms with Crippen molar-refractivity contribution < 1.29 is 36.9 Å². The summed E-state index contributed by atoms with van der Waals surface area (Å²) in [7, 11) is 1.23. The summed E-state index contributed by atoms with van der Waals surface area (Å²) >= 11 is 0. The molecule has 3 atom stereocenters. The molecule has 1 saturated heterocycles. The van der Waals surface area contributed by atoms with Gasteiger partial charge < -0.3 is 14.6 Å². The molecule has 1 aromatic rings. The molecule has 2 rings (SSSR count). The number of methoxy groups -OCH3 is 1. The summed E-state index contributed by atoms with van der Waals surface area (Å²) in [4.78, 5) is 11.3. The minimum Gasteiger partial charge on any atom is -0.496 e. The van der Waals surface area contributed by atoms with Crippen molar-refractivity contribution in [2.45, 2.75) is 37.1 Å². The molecule has 1 fully saturated rings. The van der Waals surface area contributed by atoms with Crippen molar-refractivity contribution in [3.63, 3.8) is 0 Å². The molecule has 0 spiro atoms. The molecule has 0 radical (unpaired) electrons. The van der Waals surface area contributed by atoms with Crippen LogP contribution < -0.4 is 4.74 Å². The van der Waals surface area contributed by atoms with E-state index in [1.54, 1.807) is 0 Å². The lowest BCUT2D eigenvalue weighted by molar-refractivity contribution is -0.263. The second-order valence-electron chi connectivity index (χ2n) is 5.27. The predicted octanol–water partition coefficient (Wildman–Crippen LogP) is 3.11. The molecule has 1 aromatic carbocycles. The summed E-state index contributed by atoms with van der Waals surface area (Å²) in [6.45, 7) is 0.760. The molecule has 0 saturated carbocycles. The molecule has 122 valence electrons. The lowest BCUT2D eigenvalue weighted by atomic mass is 9.86. The van der Waals surface area contributed by atoms with Gasteiger partial charge in [0.2, 0.25) is 0 Å². The normalized spacial score (nSPS) is 28.6. The number of benzene rings is 1. The lowest BCUT2D eigenvalue weighted by Crippen LogP contribution is -2.42. The molecule has 4 nitrogen and oxygen atoms in total. The van der Waals surface area contributed by atoms with E-state index in [0.717, 1.165) is 13.0 Å². The van der Waals surface area contributed by atoms with Crippen LogP contribution in [0.5, 0.6) is 5.75 Å². The van der Waals surface area contributed by atoms with Gasteiger partial charge in [0.1, 0.15) is 11.6 Å². The van der Waals surface area contributed by atoms with E-state index in [2.05, 4.69) is 0 Å². The topological polar surface area (TPSA) is 55.8 Å². The van der Waals surface area contributed by atoms with E-state index in [4.69, 9.17) is 14.6 Å². The number of aliphatic carboxylic acids is 1. The fourth-order valence-electron chi connectivity index (χ4n) is 2.65. The maximum Gasteiger partial charge on any atom is 0.417 e. The first-order chi connectivity index (χ1) is 10.1. The van der Waals surface area contributed by atoms with Gasteiger partial charge >= 0.3 is 12.1 Å². The predicted molar refractivity (Wildman–Crippen MR) is 67.3 cm³/mol. The standard InChI is InChI=1S/C14H14F4O4/c1-13(14(16,17)18)6-7(11(22-13)12(19)20)10-8(15)4-3-5-9(10)21-2/h3-5,7,11H,6H2,1-2H3,(H,19,20)/t7-,11+,13+/m0/s1.